The molecule has 1 aliphatic rings. The lowest BCUT2D eigenvalue weighted by Crippen LogP contribution is -2.38. The van der Waals surface area contributed by atoms with Gasteiger partial charge in [0.2, 0.25) is 0 Å². The molecule has 0 saturated heterocycles. The molecule has 0 heterocycles. The molecule has 168 valence electrons. The molecule has 0 amide bonds. The van der Waals surface area contributed by atoms with Gasteiger partial charge >= 0.3 is 19.9 Å². The first kappa shape index (κ1) is 24.1. The van der Waals surface area contributed by atoms with Crippen molar-refractivity contribution in [3.8, 4) is 5.75 Å². The molecular weight excluding hydrogens is 432 g/mol. The van der Waals surface area contributed by atoms with Gasteiger partial charge in [0.05, 0.1) is 4.92 Å². The van der Waals surface area contributed by atoms with E-state index in [9.17, 15) is 32.6 Å². The predicted molar refractivity (Wildman–Crippen MR) is 98.9 cm³/mol. The normalized spacial score (nSPS) is 18.3. The SMILES string of the molecule is C[C@H](NP(=O)(OCC(F)(F)F)Oc1ccc([N+](=O)[O-])cc1)C(=O)OC1CCCCC1. The Morgan fingerprint density at radius 2 is 1.87 bits per heavy atom. The fraction of sp³-hybridized carbons (Fsp3) is 0.588. The lowest BCUT2D eigenvalue weighted by molar-refractivity contribution is -0.384. The van der Waals surface area contributed by atoms with Gasteiger partial charge < -0.3 is 9.26 Å². The van der Waals surface area contributed by atoms with Crippen molar-refractivity contribution >= 4 is 19.4 Å². The summed E-state index contributed by atoms with van der Waals surface area (Å²) in [7, 11) is -4.68. The molecule has 0 aliphatic heterocycles. The van der Waals surface area contributed by atoms with Crippen molar-refractivity contribution < 1.29 is 41.2 Å². The second-order valence-electron chi connectivity index (χ2n) is 6.78. The number of esters is 1. The number of non-ortho nitro benzene ring substituents is 1. The first-order chi connectivity index (χ1) is 14.0. The fourth-order valence-corrected chi connectivity index (χ4v) is 4.23. The molecule has 1 aromatic rings. The maximum atomic E-state index is 12.9. The van der Waals surface area contributed by atoms with Gasteiger partial charge in [-0.1, -0.05) is 6.42 Å². The van der Waals surface area contributed by atoms with Gasteiger partial charge in [0.15, 0.2) is 6.61 Å². The van der Waals surface area contributed by atoms with Crippen LogP contribution in [0, 0.1) is 10.1 Å². The van der Waals surface area contributed by atoms with Crippen LogP contribution in [0.3, 0.4) is 0 Å². The van der Waals surface area contributed by atoms with E-state index in [4.69, 9.17) is 9.26 Å². The van der Waals surface area contributed by atoms with Crippen LogP contribution in [0.2, 0.25) is 0 Å². The number of benzene rings is 1. The molecule has 30 heavy (non-hydrogen) atoms. The molecule has 9 nitrogen and oxygen atoms in total. The number of alkyl halides is 3. The van der Waals surface area contributed by atoms with Crippen molar-refractivity contribution in [2.24, 2.45) is 0 Å². The predicted octanol–water partition coefficient (Wildman–Crippen LogP) is 4.51. The van der Waals surface area contributed by atoms with Gasteiger partial charge in [-0.05, 0) is 44.7 Å². The van der Waals surface area contributed by atoms with Crippen LogP contribution in [-0.2, 0) is 18.6 Å². The highest BCUT2D eigenvalue weighted by atomic mass is 31.2. The Bertz CT molecular complexity index is 783. The van der Waals surface area contributed by atoms with Crippen LogP contribution < -0.4 is 9.61 Å². The van der Waals surface area contributed by atoms with Gasteiger partial charge in [0.25, 0.3) is 5.69 Å². The average Bonchev–Trinajstić information content (AvgIpc) is 2.67. The highest BCUT2D eigenvalue weighted by molar-refractivity contribution is 7.52. The molecule has 1 aliphatic carbocycles. The van der Waals surface area contributed by atoms with Crippen LogP contribution in [0.15, 0.2) is 24.3 Å². The van der Waals surface area contributed by atoms with E-state index < -0.39 is 37.5 Å². The monoisotopic (exact) mass is 454 g/mol. The summed E-state index contributed by atoms with van der Waals surface area (Å²) in [5.41, 5.74) is -0.300. The van der Waals surface area contributed by atoms with E-state index in [-0.39, 0.29) is 17.5 Å². The first-order valence-corrected chi connectivity index (χ1v) is 10.8. The zero-order valence-corrected chi connectivity index (χ0v) is 17.0. The summed E-state index contributed by atoms with van der Waals surface area (Å²) in [6.45, 7) is -0.636. The van der Waals surface area contributed by atoms with Gasteiger partial charge in [0, 0.05) is 12.1 Å². The number of ether oxygens (including phenoxy) is 1. The van der Waals surface area contributed by atoms with Crippen LogP contribution in [-0.4, -0.2) is 35.8 Å². The smallest absolute Gasteiger partial charge is 0.459 e. The second-order valence-corrected chi connectivity index (χ2v) is 8.47. The number of rotatable bonds is 9. The highest BCUT2D eigenvalue weighted by Gasteiger charge is 2.38. The van der Waals surface area contributed by atoms with E-state index in [0.29, 0.717) is 12.8 Å². The van der Waals surface area contributed by atoms with Crippen LogP contribution in [0.25, 0.3) is 0 Å². The molecule has 2 atom stereocenters. The van der Waals surface area contributed by atoms with Crippen LogP contribution in [0.1, 0.15) is 39.0 Å². The number of hydrogen-bond acceptors (Lipinski definition) is 7. The Labute approximate surface area is 170 Å². The van der Waals surface area contributed by atoms with Crippen molar-refractivity contribution in [3.63, 3.8) is 0 Å². The Morgan fingerprint density at radius 3 is 2.40 bits per heavy atom. The summed E-state index contributed by atoms with van der Waals surface area (Å²) >= 11 is 0. The van der Waals surface area contributed by atoms with Crippen molar-refractivity contribution in [2.45, 2.75) is 57.3 Å². The molecule has 1 fully saturated rings. The summed E-state index contributed by atoms with van der Waals surface area (Å²) in [6.07, 6.45) is -0.915. The van der Waals surface area contributed by atoms with E-state index >= 15 is 0 Å². The Hall–Kier alpha value is -2.17. The Morgan fingerprint density at radius 1 is 1.27 bits per heavy atom. The molecular formula is C17H22F3N2O7P. The molecule has 0 spiro atoms. The molecule has 0 bridgehead atoms. The van der Waals surface area contributed by atoms with Gasteiger partial charge in [-0.2, -0.15) is 18.3 Å². The maximum Gasteiger partial charge on any atom is 0.459 e. The second kappa shape index (κ2) is 10.2. The lowest BCUT2D eigenvalue weighted by Gasteiger charge is -2.26. The molecule has 1 N–H and O–H groups in total. The lowest BCUT2D eigenvalue weighted by atomic mass is 9.98. The van der Waals surface area contributed by atoms with Gasteiger partial charge in [0.1, 0.15) is 17.9 Å². The van der Waals surface area contributed by atoms with Gasteiger partial charge in [-0.15, -0.1) is 0 Å². The first-order valence-electron chi connectivity index (χ1n) is 9.21. The van der Waals surface area contributed by atoms with Gasteiger partial charge in [-0.25, -0.2) is 4.57 Å². The number of carbonyl (C=O) groups is 1. The van der Waals surface area contributed by atoms with E-state index in [1.54, 1.807) is 0 Å². The zero-order valence-electron chi connectivity index (χ0n) is 16.1. The van der Waals surface area contributed by atoms with Crippen molar-refractivity contribution in [1.29, 1.82) is 0 Å². The van der Waals surface area contributed by atoms with E-state index in [0.717, 1.165) is 43.5 Å². The fourth-order valence-electron chi connectivity index (χ4n) is 2.75. The number of halogens is 3. The van der Waals surface area contributed by atoms with E-state index in [1.165, 1.54) is 6.92 Å². The number of nitro benzene ring substituents is 1. The average molecular weight is 454 g/mol. The minimum atomic E-state index is -4.80. The van der Waals surface area contributed by atoms with Crippen LogP contribution >= 0.6 is 7.75 Å². The largest absolute Gasteiger partial charge is 0.461 e. The zero-order chi connectivity index (χ0) is 22.4. The molecule has 1 saturated carbocycles. The number of hydrogen-bond donors (Lipinski definition) is 1. The minimum Gasteiger partial charge on any atom is -0.461 e. The molecule has 1 unspecified atom stereocenters. The van der Waals surface area contributed by atoms with Crippen molar-refractivity contribution in [2.75, 3.05) is 6.61 Å². The van der Waals surface area contributed by atoms with E-state index in [1.807, 2.05) is 0 Å². The summed E-state index contributed by atoms with van der Waals surface area (Å²) < 4.78 is 65.4. The van der Waals surface area contributed by atoms with Crippen LogP contribution in [0.5, 0.6) is 5.75 Å². The Kier molecular flexibility index (Phi) is 8.22. The third-order valence-corrected chi connectivity index (χ3v) is 5.84. The van der Waals surface area contributed by atoms with Gasteiger partial charge in [-0.3, -0.25) is 19.4 Å². The number of nitrogens with one attached hydrogen (secondary N) is 1. The third-order valence-electron chi connectivity index (χ3n) is 4.21. The molecule has 2 rings (SSSR count). The standard InChI is InChI=1S/C17H22F3N2O7P/c1-12(16(23)28-14-5-3-2-4-6-14)21-30(26,27-11-17(18,19)20)29-15-9-7-13(8-10-15)22(24)25/h7-10,12,14H,2-6,11H2,1H3,(H,21,26)/t12-,30?/m0/s1. The maximum absolute atomic E-state index is 12.9. The minimum absolute atomic E-state index is 0.244. The molecule has 13 heteroatoms. The Balaban J connectivity index is 2.08. The van der Waals surface area contributed by atoms with Crippen molar-refractivity contribution in [3.05, 3.63) is 34.4 Å². The number of nitro groups is 1. The summed E-state index contributed by atoms with van der Waals surface area (Å²) in [5.74, 6) is -1.04. The summed E-state index contributed by atoms with van der Waals surface area (Å²) in [6, 6.07) is 2.85. The molecule has 0 radical (unpaired) electrons. The van der Waals surface area contributed by atoms with E-state index in [2.05, 4.69) is 9.61 Å². The van der Waals surface area contributed by atoms with Crippen molar-refractivity contribution in [1.82, 2.24) is 5.09 Å². The molecule has 1 aromatic carbocycles. The topological polar surface area (TPSA) is 117 Å². The number of nitrogens with zero attached hydrogens (tertiary/aromatic N) is 1. The third kappa shape index (κ3) is 7.92. The molecule has 0 aromatic heterocycles. The summed E-state index contributed by atoms with van der Waals surface area (Å²) in [4.78, 5) is 22.2. The van der Waals surface area contributed by atoms with Crippen LogP contribution in [0.4, 0.5) is 18.9 Å². The highest BCUT2D eigenvalue weighted by Crippen LogP contribution is 2.46. The quantitative estimate of drug-likeness (QED) is 0.251. The summed E-state index contributed by atoms with van der Waals surface area (Å²) in [5, 5.41) is 12.8. The number of carbonyl (C=O) groups excluding carboxylic acids is 1.